The number of hydrogen-bond acceptors (Lipinski definition) is 2. The maximum Gasteiger partial charge on any atom is 0.270 e. The molecule has 5 heteroatoms. The molecule has 0 aliphatic rings. The topological polar surface area (TPSA) is 38.0 Å². The third-order valence-electron chi connectivity index (χ3n) is 0.586. The van der Waals surface area contributed by atoms with Gasteiger partial charge in [-0.2, -0.15) is 0 Å². The minimum atomic E-state index is -2.94. The Balaban J connectivity index is 3.17. The molecule has 0 aliphatic heterocycles. The van der Waals surface area contributed by atoms with Crippen LogP contribution < -0.4 is 11.3 Å². The van der Waals surface area contributed by atoms with Gasteiger partial charge in [0.15, 0.2) is 6.17 Å². The van der Waals surface area contributed by atoms with Gasteiger partial charge >= 0.3 is 0 Å². The van der Waals surface area contributed by atoms with E-state index in [9.17, 15) is 13.2 Å². The quantitative estimate of drug-likeness (QED) is 0.416. The Kier molecular flexibility index (Phi) is 3.55. The van der Waals surface area contributed by atoms with Crippen molar-refractivity contribution in [1.82, 2.24) is 5.43 Å². The van der Waals surface area contributed by atoms with E-state index in [1.807, 2.05) is 0 Å². The molecule has 0 bridgehead atoms. The molecule has 0 aromatic carbocycles. The molecule has 0 rings (SSSR count). The molecular formula is C3H7F3N2. The Bertz CT molecular complexity index is 58.5. The normalized spacial score (nSPS) is 14.6. The molecule has 0 saturated carbocycles. The number of nitrogens with two attached hydrogens (primary N) is 1. The first kappa shape index (κ1) is 7.71. The third-order valence-corrected chi connectivity index (χ3v) is 0.586. The standard InChI is InChI=1S/C3H7F3N2/c4-2(1-8-7)3(5)6/h2-3,8H,1,7H2. The fourth-order valence-electron chi connectivity index (χ4n) is 0.202. The average molecular weight is 128 g/mol. The van der Waals surface area contributed by atoms with Gasteiger partial charge in [-0.05, 0) is 0 Å². The molecule has 3 N–H and O–H groups in total. The van der Waals surface area contributed by atoms with E-state index in [0.29, 0.717) is 0 Å². The molecule has 0 heterocycles. The number of halogens is 3. The minimum absolute atomic E-state index is 0.502. The summed E-state index contributed by atoms with van der Waals surface area (Å²) < 4.78 is 33.9. The highest BCUT2D eigenvalue weighted by molar-refractivity contribution is 4.58. The van der Waals surface area contributed by atoms with Crippen LogP contribution in [0.2, 0.25) is 0 Å². The molecular weight excluding hydrogens is 121 g/mol. The van der Waals surface area contributed by atoms with Gasteiger partial charge in [-0.15, -0.1) is 0 Å². The molecule has 2 nitrogen and oxygen atoms in total. The van der Waals surface area contributed by atoms with Crippen LogP contribution in [0.25, 0.3) is 0 Å². The Hall–Kier alpha value is -0.290. The van der Waals surface area contributed by atoms with Crippen molar-refractivity contribution in [3.63, 3.8) is 0 Å². The SMILES string of the molecule is NNCC(F)C(F)F. The van der Waals surface area contributed by atoms with Gasteiger partial charge in [0.05, 0.1) is 0 Å². The minimum Gasteiger partial charge on any atom is -0.271 e. The van der Waals surface area contributed by atoms with Crippen molar-refractivity contribution in [2.45, 2.75) is 12.6 Å². The molecule has 8 heavy (non-hydrogen) atoms. The van der Waals surface area contributed by atoms with Crippen LogP contribution in [-0.2, 0) is 0 Å². The molecule has 0 aromatic heterocycles. The van der Waals surface area contributed by atoms with E-state index < -0.39 is 19.1 Å². The van der Waals surface area contributed by atoms with Crippen molar-refractivity contribution in [3.05, 3.63) is 0 Å². The lowest BCUT2D eigenvalue weighted by atomic mass is 10.4. The Morgan fingerprint density at radius 2 is 1.88 bits per heavy atom. The first-order valence-corrected chi connectivity index (χ1v) is 2.04. The predicted octanol–water partition coefficient (Wildman–Crippen LogP) is 0.0529. The molecule has 0 fully saturated rings. The molecule has 0 spiro atoms. The predicted molar refractivity (Wildman–Crippen MR) is 23.1 cm³/mol. The largest absolute Gasteiger partial charge is 0.271 e. The van der Waals surface area contributed by atoms with Crippen LogP contribution in [-0.4, -0.2) is 19.1 Å². The Morgan fingerprint density at radius 3 is 2.00 bits per heavy atom. The zero-order valence-corrected chi connectivity index (χ0v) is 4.07. The lowest BCUT2D eigenvalue weighted by Crippen LogP contribution is -2.33. The second-order valence-electron chi connectivity index (χ2n) is 1.26. The second kappa shape index (κ2) is 3.68. The highest BCUT2D eigenvalue weighted by atomic mass is 19.3. The summed E-state index contributed by atoms with van der Waals surface area (Å²) in [5, 5.41) is 0. The lowest BCUT2D eigenvalue weighted by molar-refractivity contribution is 0.0503. The second-order valence-corrected chi connectivity index (χ2v) is 1.26. The van der Waals surface area contributed by atoms with E-state index in [1.165, 1.54) is 0 Å². The molecule has 0 aromatic rings. The van der Waals surface area contributed by atoms with Gasteiger partial charge < -0.3 is 0 Å². The van der Waals surface area contributed by atoms with Crippen LogP contribution in [0.3, 0.4) is 0 Å². The van der Waals surface area contributed by atoms with Gasteiger partial charge in [0, 0.05) is 6.54 Å². The van der Waals surface area contributed by atoms with E-state index >= 15 is 0 Å². The molecule has 1 unspecified atom stereocenters. The monoisotopic (exact) mass is 128 g/mol. The highest BCUT2D eigenvalue weighted by Gasteiger charge is 2.17. The molecule has 0 amide bonds. The van der Waals surface area contributed by atoms with Crippen molar-refractivity contribution < 1.29 is 13.2 Å². The van der Waals surface area contributed by atoms with E-state index in [4.69, 9.17) is 0 Å². The van der Waals surface area contributed by atoms with Crippen LogP contribution in [0, 0.1) is 0 Å². The number of nitrogens with one attached hydrogen (secondary N) is 1. The molecule has 50 valence electrons. The fraction of sp³-hybridized carbons (Fsp3) is 1.00. The summed E-state index contributed by atoms with van der Waals surface area (Å²) in [7, 11) is 0. The van der Waals surface area contributed by atoms with Crippen LogP contribution in [0.15, 0.2) is 0 Å². The summed E-state index contributed by atoms with van der Waals surface area (Å²) in [6.45, 7) is -0.502. The zero-order valence-electron chi connectivity index (χ0n) is 4.07. The third kappa shape index (κ3) is 2.81. The zero-order chi connectivity index (χ0) is 6.57. The molecule has 1 atom stereocenters. The van der Waals surface area contributed by atoms with E-state index in [1.54, 1.807) is 5.43 Å². The van der Waals surface area contributed by atoms with Crippen molar-refractivity contribution in [2.75, 3.05) is 6.54 Å². The van der Waals surface area contributed by atoms with E-state index in [0.717, 1.165) is 0 Å². The first-order chi connectivity index (χ1) is 3.68. The van der Waals surface area contributed by atoms with Crippen molar-refractivity contribution >= 4 is 0 Å². The Morgan fingerprint density at radius 1 is 1.38 bits per heavy atom. The summed E-state index contributed by atoms with van der Waals surface area (Å²) in [6.07, 6.45) is -5.09. The van der Waals surface area contributed by atoms with Gasteiger partial charge in [0.25, 0.3) is 6.43 Å². The summed E-state index contributed by atoms with van der Waals surface area (Å²) >= 11 is 0. The summed E-state index contributed by atoms with van der Waals surface area (Å²) in [4.78, 5) is 0. The average Bonchev–Trinajstić information content (AvgIpc) is 1.67. The van der Waals surface area contributed by atoms with Crippen LogP contribution >= 0.6 is 0 Å². The highest BCUT2D eigenvalue weighted by Crippen LogP contribution is 2.02. The van der Waals surface area contributed by atoms with Crippen molar-refractivity contribution in [1.29, 1.82) is 0 Å². The molecule has 0 saturated heterocycles. The number of hydrogen-bond donors (Lipinski definition) is 2. The van der Waals surface area contributed by atoms with Crippen molar-refractivity contribution in [2.24, 2.45) is 5.84 Å². The molecule has 0 aliphatic carbocycles. The lowest BCUT2D eigenvalue weighted by Gasteiger charge is -2.03. The van der Waals surface area contributed by atoms with E-state index in [-0.39, 0.29) is 0 Å². The van der Waals surface area contributed by atoms with Gasteiger partial charge in [-0.3, -0.25) is 11.3 Å². The molecule has 0 radical (unpaired) electrons. The van der Waals surface area contributed by atoms with Gasteiger partial charge in [-0.1, -0.05) is 0 Å². The van der Waals surface area contributed by atoms with Gasteiger partial charge in [0.2, 0.25) is 0 Å². The number of rotatable bonds is 3. The van der Waals surface area contributed by atoms with Crippen molar-refractivity contribution in [3.8, 4) is 0 Å². The summed E-state index contributed by atoms with van der Waals surface area (Å²) in [5.41, 5.74) is 1.79. The number of hydrazine groups is 1. The maximum absolute atomic E-state index is 11.6. The number of alkyl halides is 3. The van der Waals surface area contributed by atoms with Crippen LogP contribution in [0.5, 0.6) is 0 Å². The van der Waals surface area contributed by atoms with Crippen LogP contribution in [0.1, 0.15) is 0 Å². The van der Waals surface area contributed by atoms with Gasteiger partial charge in [-0.25, -0.2) is 13.2 Å². The summed E-state index contributed by atoms with van der Waals surface area (Å²) in [5.74, 6) is 4.54. The van der Waals surface area contributed by atoms with E-state index in [2.05, 4.69) is 5.84 Å². The smallest absolute Gasteiger partial charge is 0.270 e. The van der Waals surface area contributed by atoms with Crippen LogP contribution in [0.4, 0.5) is 13.2 Å². The maximum atomic E-state index is 11.6. The summed E-state index contributed by atoms with van der Waals surface area (Å²) in [6, 6.07) is 0. The first-order valence-electron chi connectivity index (χ1n) is 2.04. The van der Waals surface area contributed by atoms with Gasteiger partial charge in [0.1, 0.15) is 0 Å². The fourth-order valence-corrected chi connectivity index (χ4v) is 0.202. The Labute approximate surface area is 44.8 Å².